The van der Waals surface area contributed by atoms with E-state index in [1.807, 2.05) is 20.2 Å². The molecule has 1 N–H and O–H groups in total. The summed E-state index contributed by atoms with van der Waals surface area (Å²) in [7, 11) is 4.02. The van der Waals surface area contributed by atoms with Gasteiger partial charge in [-0.1, -0.05) is 37.0 Å². The molecule has 1 aromatic rings. The van der Waals surface area contributed by atoms with Gasteiger partial charge in [-0.15, -0.1) is 0 Å². The Morgan fingerprint density at radius 1 is 1.26 bits per heavy atom. The van der Waals surface area contributed by atoms with E-state index in [0.717, 1.165) is 17.9 Å². The lowest BCUT2D eigenvalue weighted by atomic mass is 10.2. The molecule has 0 saturated heterocycles. The van der Waals surface area contributed by atoms with Crippen LogP contribution in [0.25, 0.3) is 0 Å². The van der Waals surface area contributed by atoms with Gasteiger partial charge >= 0.3 is 0 Å². The summed E-state index contributed by atoms with van der Waals surface area (Å²) < 4.78 is 5.79. The zero-order valence-corrected chi connectivity index (χ0v) is 13.5. The highest BCUT2D eigenvalue weighted by Gasteiger charge is 2.11. The van der Waals surface area contributed by atoms with Crippen LogP contribution in [-0.2, 0) is 6.54 Å². The van der Waals surface area contributed by atoms with Crippen LogP contribution in [0, 0.1) is 0 Å². The zero-order chi connectivity index (χ0) is 14.4. The average molecular weight is 305 g/mol. The first-order valence-corrected chi connectivity index (χ1v) is 7.14. The van der Waals surface area contributed by atoms with Crippen molar-refractivity contribution in [3.63, 3.8) is 0 Å². The number of benzene rings is 1. The Labute approximate surface area is 125 Å². The summed E-state index contributed by atoms with van der Waals surface area (Å²) in [6.07, 6.45) is 0. The number of nitrogens with zero attached hydrogens (tertiary/aromatic N) is 1. The fourth-order valence-electron chi connectivity index (χ4n) is 1.55. The molecule has 0 bridgehead atoms. The van der Waals surface area contributed by atoms with Crippen molar-refractivity contribution in [2.24, 2.45) is 0 Å². The minimum atomic E-state index is 0.396. The smallest absolute Gasteiger partial charge is 0.142 e. The zero-order valence-electron chi connectivity index (χ0n) is 12.0. The molecule has 0 amide bonds. The number of nitrogens with one attached hydrogen (secondary N) is 1. The summed E-state index contributed by atoms with van der Waals surface area (Å²) in [4.78, 5) is 2.07. The maximum Gasteiger partial charge on any atom is 0.142 e. The van der Waals surface area contributed by atoms with E-state index in [9.17, 15) is 0 Å². The molecule has 0 atom stereocenters. The van der Waals surface area contributed by atoms with Crippen LogP contribution in [0.4, 0.5) is 0 Å². The minimum absolute atomic E-state index is 0.396. The van der Waals surface area contributed by atoms with Crippen molar-refractivity contribution in [3.05, 3.63) is 27.7 Å². The van der Waals surface area contributed by atoms with Gasteiger partial charge in [0, 0.05) is 29.7 Å². The third-order valence-corrected chi connectivity index (χ3v) is 3.07. The Morgan fingerprint density at radius 2 is 1.95 bits per heavy atom. The number of rotatable bonds is 7. The topological polar surface area (TPSA) is 24.5 Å². The molecule has 3 nitrogen and oxygen atoms in total. The Balaban J connectivity index is 2.80. The molecule has 0 aliphatic rings. The monoisotopic (exact) mass is 304 g/mol. The van der Waals surface area contributed by atoms with Gasteiger partial charge in [0.1, 0.15) is 12.4 Å². The molecule has 0 aromatic heterocycles. The van der Waals surface area contributed by atoms with E-state index < -0.39 is 0 Å². The molecule has 0 spiro atoms. The first-order valence-electron chi connectivity index (χ1n) is 6.39. The quantitative estimate of drug-likeness (QED) is 0.835. The highest BCUT2D eigenvalue weighted by Crippen LogP contribution is 2.32. The highest BCUT2D eigenvalue weighted by molar-refractivity contribution is 6.35. The number of hydrogen-bond donors (Lipinski definition) is 1. The molecule has 0 radical (unpaired) electrons. The van der Waals surface area contributed by atoms with Gasteiger partial charge in [-0.25, -0.2) is 0 Å². The Morgan fingerprint density at radius 3 is 2.53 bits per heavy atom. The van der Waals surface area contributed by atoms with Gasteiger partial charge in [0.25, 0.3) is 0 Å². The van der Waals surface area contributed by atoms with Crippen molar-refractivity contribution in [2.75, 3.05) is 27.2 Å². The van der Waals surface area contributed by atoms with Crippen molar-refractivity contribution >= 4 is 23.2 Å². The molecule has 0 saturated carbocycles. The summed E-state index contributed by atoms with van der Waals surface area (Å²) in [6.45, 7) is 6.33. The van der Waals surface area contributed by atoms with Crippen LogP contribution in [0.5, 0.6) is 5.75 Å². The number of hydrogen-bond acceptors (Lipinski definition) is 3. The van der Waals surface area contributed by atoms with Crippen LogP contribution in [0.2, 0.25) is 10.0 Å². The van der Waals surface area contributed by atoms with Crippen molar-refractivity contribution in [3.8, 4) is 5.75 Å². The number of ether oxygens (including phenoxy) is 1. The fraction of sp³-hybridized carbons (Fsp3) is 0.571. The summed E-state index contributed by atoms with van der Waals surface area (Å²) >= 11 is 12.3. The summed E-state index contributed by atoms with van der Waals surface area (Å²) in [5, 5.41) is 4.54. The molecule has 19 heavy (non-hydrogen) atoms. The predicted octanol–water partition coefficient (Wildman–Crippen LogP) is 3.43. The van der Waals surface area contributed by atoms with E-state index in [0.29, 0.717) is 29.2 Å². The predicted molar refractivity (Wildman–Crippen MR) is 82.5 cm³/mol. The lowest BCUT2D eigenvalue weighted by molar-refractivity contribution is 0.259. The van der Waals surface area contributed by atoms with Gasteiger partial charge in [-0.3, -0.25) is 0 Å². The average Bonchev–Trinajstić information content (AvgIpc) is 2.28. The van der Waals surface area contributed by atoms with E-state index in [1.54, 1.807) is 6.07 Å². The second kappa shape index (κ2) is 7.95. The summed E-state index contributed by atoms with van der Waals surface area (Å²) in [5.41, 5.74) is 0.991. The second-order valence-electron chi connectivity index (χ2n) is 5.06. The summed E-state index contributed by atoms with van der Waals surface area (Å²) in [5.74, 6) is 0.723. The molecular weight excluding hydrogens is 283 g/mol. The fourth-order valence-corrected chi connectivity index (χ4v) is 2.14. The van der Waals surface area contributed by atoms with Crippen molar-refractivity contribution in [1.29, 1.82) is 0 Å². The lowest BCUT2D eigenvalue weighted by Crippen LogP contribution is -2.23. The molecule has 0 heterocycles. The molecule has 1 aromatic carbocycles. The van der Waals surface area contributed by atoms with Gasteiger partial charge in [-0.05, 0) is 26.2 Å². The maximum absolute atomic E-state index is 6.21. The molecule has 0 fully saturated rings. The lowest BCUT2D eigenvalue weighted by Gasteiger charge is -2.17. The second-order valence-corrected chi connectivity index (χ2v) is 5.91. The Hall–Kier alpha value is -0.480. The third kappa shape index (κ3) is 6.00. The standard InChI is InChI=1S/C14H22Cl2N2O/c1-10(2)17-9-11-7-12(15)8-13(16)14(11)19-6-5-18(3)4/h7-8,10,17H,5-6,9H2,1-4H3. The molecule has 0 aliphatic carbocycles. The first kappa shape index (κ1) is 16.6. The van der Waals surface area contributed by atoms with E-state index >= 15 is 0 Å². The SMILES string of the molecule is CC(C)NCc1cc(Cl)cc(Cl)c1OCCN(C)C. The van der Waals surface area contributed by atoms with Gasteiger partial charge in [0.05, 0.1) is 5.02 Å². The van der Waals surface area contributed by atoms with E-state index in [-0.39, 0.29) is 0 Å². The van der Waals surface area contributed by atoms with Crippen LogP contribution >= 0.6 is 23.2 Å². The Bertz CT molecular complexity index is 409. The van der Waals surface area contributed by atoms with Crippen LogP contribution in [0.1, 0.15) is 19.4 Å². The molecule has 0 aliphatic heterocycles. The van der Waals surface area contributed by atoms with Crippen molar-refractivity contribution < 1.29 is 4.74 Å². The third-order valence-electron chi connectivity index (χ3n) is 2.57. The van der Waals surface area contributed by atoms with Gasteiger partial charge in [-0.2, -0.15) is 0 Å². The largest absolute Gasteiger partial charge is 0.490 e. The van der Waals surface area contributed by atoms with E-state index in [1.165, 1.54) is 0 Å². The summed E-state index contributed by atoms with van der Waals surface area (Å²) in [6, 6.07) is 4.01. The molecular formula is C14H22Cl2N2O. The molecule has 1 rings (SSSR count). The van der Waals surface area contributed by atoms with Gasteiger partial charge in [0.15, 0.2) is 0 Å². The first-order chi connectivity index (χ1) is 8.90. The number of likely N-dealkylation sites (N-methyl/N-ethyl adjacent to an activating group) is 1. The number of halogens is 2. The van der Waals surface area contributed by atoms with Gasteiger partial charge < -0.3 is 15.0 Å². The Kier molecular flexibility index (Phi) is 6.94. The van der Waals surface area contributed by atoms with E-state index in [2.05, 4.69) is 24.1 Å². The van der Waals surface area contributed by atoms with Crippen LogP contribution < -0.4 is 10.1 Å². The minimum Gasteiger partial charge on any atom is -0.490 e. The van der Waals surface area contributed by atoms with Crippen molar-refractivity contribution in [1.82, 2.24) is 10.2 Å². The maximum atomic E-state index is 6.21. The molecule has 108 valence electrons. The van der Waals surface area contributed by atoms with Gasteiger partial charge in [0.2, 0.25) is 0 Å². The highest BCUT2D eigenvalue weighted by atomic mass is 35.5. The molecule has 5 heteroatoms. The molecule has 0 unspecified atom stereocenters. The van der Waals surface area contributed by atoms with Crippen LogP contribution in [-0.4, -0.2) is 38.2 Å². The van der Waals surface area contributed by atoms with E-state index in [4.69, 9.17) is 27.9 Å². The van der Waals surface area contributed by atoms with Crippen molar-refractivity contribution in [2.45, 2.75) is 26.4 Å². The van der Waals surface area contributed by atoms with Crippen LogP contribution in [0.15, 0.2) is 12.1 Å². The van der Waals surface area contributed by atoms with Crippen LogP contribution in [0.3, 0.4) is 0 Å². The normalized spacial score (nSPS) is 11.4.